The van der Waals surface area contributed by atoms with E-state index in [9.17, 15) is 18.7 Å². The van der Waals surface area contributed by atoms with Crippen molar-refractivity contribution in [2.75, 3.05) is 24.1 Å². The molecule has 2 amide bonds. The van der Waals surface area contributed by atoms with Gasteiger partial charge >= 0.3 is 15.2 Å². The van der Waals surface area contributed by atoms with Crippen LogP contribution in [0.15, 0.2) is 0 Å². The van der Waals surface area contributed by atoms with Crippen molar-refractivity contribution in [1.82, 2.24) is 4.90 Å². The quantitative estimate of drug-likeness (QED) is 0.0892. The molecule has 0 heterocycles. The van der Waals surface area contributed by atoms with Crippen LogP contribution in [0.3, 0.4) is 0 Å². The zero-order valence-electron chi connectivity index (χ0n) is 13.7. The highest BCUT2D eigenvalue weighted by atomic mass is 33.1. The first-order valence-electron chi connectivity index (χ1n) is 7.15. The van der Waals surface area contributed by atoms with Crippen LogP contribution in [-0.2, 0) is 18.7 Å². The van der Waals surface area contributed by atoms with Crippen molar-refractivity contribution < 1.29 is 38.3 Å². The third-order valence-electron chi connectivity index (χ3n) is 2.94. The summed E-state index contributed by atoms with van der Waals surface area (Å²) in [4.78, 5) is 59.3. The number of primary amides is 2. The summed E-state index contributed by atoms with van der Waals surface area (Å²) in [6.45, 7) is 0. The van der Waals surface area contributed by atoms with E-state index in [1.165, 1.54) is 21.6 Å². The maximum Gasteiger partial charge on any atom is 0.339 e. The Morgan fingerprint density at radius 3 is 1.65 bits per heavy atom. The van der Waals surface area contributed by atoms with E-state index in [-0.39, 0.29) is 6.42 Å². The van der Waals surface area contributed by atoms with Gasteiger partial charge in [-0.2, -0.15) is 0 Å². The fraction of sp³-hybridized carbons (Fsp3) is 0.800. The Labute approximate surface area is 158 Å². The van der Waals surface area contributed by atoms with Crippen molar-refractivity contribution in [3.05, 3.63) is 0 Å². The Hall–Kier alpha value is -0.140. The van der Waals surface area contributed by atoms with E-state index in [0.717, 1.165) is 0 Å². The Morgan fingerprint density at radius 2 is 1.31 bits per heavy atom. The molecule has 0 aromatic heterocycles. The molecule has 2 atom stereocenters. The number of hydrogen-bond acceptors (Lipinski definition) is 8. The lowest BCUT2D eigenvalue weighted by Crippen LogP contribution is -2.45. The zero-order chi connectivity index (χ0) is 20.5. The average molecular weight is 454 g/mol. The number of amides is 2. The highest BCUT2D eigenvalue weighted by Gasteiger charge is 2.33. The molecular weight excluding hydrogens is 430 g/mol. The van der Waals surface area contributed by atoms with Crippen molar-refractivity contribution in [2.24, 2.45) is 17.2 Å². The predicted octanol–water partition coefficient (Wildman–Crippen LogP) is -1.61. The molecule has 0 aliphatic heterocycles. The molecule has 26 heavy (non-hydrogen) atoms. The summed E-state index contributed by atoms with van der Waals surface area (Å²) in [5, 5.41) is 0. The average Bonchev–Trinajstić information content (AvgIpc) is 2.41. The SMILES string of the molecule is NC(=O)C(N)CCSSCC[C@@H](C(N)=O)N(CP(=O)(O)O)CP(=O)(O)O. The molecule has 0 saturated heterocycles. The van der Waals surface area contributed by atoms with Crippen LogP contribution >= 0.6 is 36.8 Å². The maximum absolute atomic E-state index is 11.6. The predicted molar refractivity (Wildman–Crippen MR) is 100.0 cm³/mol. The molecule has 0 aromatic rings. The van der Waals surface area contributed by atoms with Crippen LogP contribution in [0.25, 0.3) is 0 Å². The Balaban J connectivity index is 4.66. The first-order chi connectivity index (χ1) is 11.7. The molecule has 0 fully saturated rings. The van der Waals surface area contributed by atoms with Gasteiger partial charge in [0.2, 0.25) is 11.8 Å². The van der Waals surface area contributed by atoms with Gasteiger partial charge in [0, 0.05) is 11.5 Å². The fourth-order valence-electron chi connectivity index (χ4n) is 1.81. The van der Waals surface area contributed by atoms with E-state index in [0.29, 0.717) is 22.8 Å². The molecule has 1 unspecified atom stereocenters. The van der Waals surface area contributed by atoms with Crippen LogP contribution in [-0.4, -0.2) is 72.4 Å². The maximum atomic E-state index is 11.6. The molecule has 0 saturated carbocycles. The standard InChI is InChI=1S/C10H24N4O8P2S2/c11-7(9(12)15)1-3-25-26-4-2-8(10(13)16)14(5-23(17,18)19)6-24(20,21)22/h7-8H,1-6,11H2,(H2,12,15)(H2,13,16)(H2,17,18,19)(H2,20,21,22)/t7?,8-/m0/s1. The summed E-state index contributed by atoms with van der Waals surface area (Å²) in [7, 11) is -6.70. The third-order valence-corrected chi connectivity index (χ3v) is 6.87. The van der Waals surface area contributed by atoms with Crippen molar-refractivity contribution in [3.8, 4) is 0 Å². The number of hydrogen-bond donors (Lipinski definition) is 7. The topological polar surface area (TPSA) is 230 Å². The first-order valence-corrected chi connectivity index (χ1v) is 13.2. The number of carbonyl (C=O) groups excluding carboxylic acids is 2. The van der Waals surface area contributed by atoms with Gasteiger partial charge in [0.25, 0.3) is 0 Å². The van der Waals surface area contributed by atoms with Gasteiger partial charge in [-0.1, -0.05) is 21.6 Å². The van der Waals surface area contributed by atoms with Crippen molar-refractivity contribution in [2.45, 2.75) is 24.9 Å². The molecule has 0 aliphatic rings. The summed E-state index contributed by atoms with van der Waals surface area (Å²) in [6, 6.07) is -2.01. The first kappa shape index (κ1) is 25.9. The van der Waals surface area contributed by atoms with Gasteiger partial charge in [0.1, 0.15) is 12.6 Å². The Kier molecular flexibility index (Phi) is 11.6. The van der Waals surface area contributed by atoms with Gasteiger partial charge in [-0.15, -0.1) is 0 Å². The fourth-order valence-corrected chi connectivity index (χ4v) is 5.70. The Bertz CT molecular complexity index is 547. The summed E-state index contributed by atoms with van der Waals surface area (Å²) >= 11 is 0. The number of carbonyl (C=O) groups is 2. The minimum atomic E-state index is -4.67. The highest BCUT2D eigenvalue weighted by molar-refractivity contribution is 8.76. The number of nitrogens with zero attached hydrogens (tertiary/aromatic N) is 1. The summed E-state index contributed by atoms with van der Waals surface area (Å²) in [5.41, 5.74) is 15.7. The minimum Gasteiger partial charge on any atom is -0.368 e. The zero-order valence-corrected chi connectivity index (χ0v) is 17.1. The summed E-state index contributed by atoms with van der Waals surface area (Å²) < 4.78 is 22.4. The Morgan fingerprint density at radius 1 is 0.885 bits per heavy atom. The molecule has 0 aromatic carbocycles. The second-order valence-electron chi connectivity index (χ2n) is 5.35. The lowest BCUT2D eigenvalue weighted by Gasteiger charge is -2.29. The number of nitrogens with two attached hydrogens (primary N) is 3. The van der Waals surface area contributed by atoms with Crippen molar-refractivity contribution >= 4 is 48.6 Å². The van der Waals surface area contributed by atoms with Crippen molar-refractivity contribution in [1.29, 1.82) is 0 Å². The van der Waals surface area contributed by atoms with E-state index in [1.54, 1.807) is 0 Å². The minimum absolute atomic E-state index is 0.0227. The van der Waals surface area contributed by atoms with Crippen molar-refractivity contribution in [3.63, 3.8) is 0 Å². The van der Waals surface area contributed by atoms with Gasteiger partial charge in [-0.3, -0.25) is 23.6 Å². The van der Waals surface area contributed by atoms with Crippen LogP contribution in [0.5, 0.6) is 0 Å². The van der Waals surface area contributed by atoms with Crippen LogP contribution in [0.4, 0.5) is 0 Å². The second-order valence-corrected chi connectivity index (χ2v) is 11.3. The van der Waals surface area contributed by atoms with Crippen LogP contribution in [0.1, 0.15) is 12.8 Å². The molecular formula is C10H24N4O8P2S2. The molecule has 0 spiro atoms. The smallest absolute Gasteiger partial charge is 0.339 e. The van der Waals surface area contributed by atoms with Gasteiger partial charge in [-0.05, 0) is 12.8 Å². The van der Waals surface area contributed by atoms with Crippen LogP contribution < -0.4 is 17.2 Å². The lowest BCUT2D eigenvalue weighted by molar-refractivity contribution is -0.122. The molecule has 0 radical (unpaired) electrons. The molecule has 16 heteroatoms. The van der Waals surface area contributed by atoms with E-state index >= 15 is 0 Å². The molecule has 0 rings (SSSR count). The van der Waals surface area contributed by atoms with E-state index in [4.69, 9.17) is 36.8 Å². The van der Waals surface area contributed by atoms with Crippen LogP contribution in [0, 0.1) is 0 Å². The van der Waals surface area contributed by atoms with E-state index in [2.05, 4.69) is 0 Å². The molecule has 12 nitrogen and oxygen atoms in total. The normalized spacial score (nSPS) is 15.0. The highest BCUT2D eigenvalue weighted by Crippen LogP contribution is 2.42. The molecule has 0 aliphatic carbocycles. The second kappa shape index (κ2) is 11.6. The van der Waals surface area contributed by atoms with Gasteiger partial charge < -0.3 is 36.8 Å². The summed E-state index contributed by atoms with van der Waals surface area (Å²) in [5.74, 6) is -0.753. The van der Waals surface area contributed by atoms with Crippen LogP contribution in [0.2, 0.25) is 0 Å². The molecule has 10 N–H and O–H groups in total. The van der Waals surface area contributed by atoms with E-state index < -0.39 is 51.7 Å². The third kappa shape index (κ3) is 13.1. The monoisotopic (exact) mass is 454 g/mol. The van der Waals surface area contributed by atoms with E-state index in [1.807, 2.05) is 0 Å². The van der Waals surface area contributed by atoms with Gasteiger partial charge in [0.05, 0.1) is 12.1 Å². The molecule has 154 valence electrons. The van der Waals surface area contributed by atoms with Gasteiger partial charge in [-0.25, -0.2) is 0 Å². The summed E-state index contributed by atoms with van der Waals surface area (Å²) in [6.07, 6.45) is -1.63. The van der Waals surface area contributed by atoms with Gasteiger partial charge in [0.15, 0.2) is 0 Å². The number of rotatable bonds is 14. The lowest BCUT2D eigenvalue weighted by atomic mass is 10.2. The molecule has 0 bridgehead atoms. The largest absolute Gasteiger partial charge is 0.368 e.